The Balaban J connectivity index is 1.39. The van der Waals surface area contributed by atoms with Crippen molar-refractivity contribution in [1.82, 2.24) is 5.16 Å². The van der Waals surface area contributed by atoms with E-state index in [1.807, 2.05) is 30.3 Å². The van der Waals surface area contributed by atoms with Crippen LogP contribution >= 0.6 is 0 Å². The number of benzene rings is 2. The number of hydrogen-bond donors (Lipinski definition) is 2. The van der Waals surface area contributed by atoms with Crippen LogP contribution < -0.4 is 0 Å². The Hall–Kier alpha value is -2.50. The number of fused-ring (bicyclic) bond motifs is 3. The maximum Gasteiger partial charge on any atom is 0.140 e. The minimum atomic E-state index is -0.854. The molecular formula is C27H30FNO3. The van der Waals surface area contributed by atoms with E-state index in [2.05, 4.69) is 5.16 Å². The van der Waals surface area contributed by atoms with Crippen LogP contribution in [0.15, 0.2) is 47.0 Å². The van der Waals surface area contributed by atoms with E-state index in [1.54, 1.807) is 12.1 Å². The highest BCUT2D eigenvalue weighted by atomic mass is 19.1. The summed E-state index contributed by atoms with van der Waals surface area (Å²) in [6, 6.07) is 12.9. The number of aliphatic hydroxyl groups is 2. The average Bonchev–Trinajstić information content (AvgIpc) is 3.26. The Bertz CT molecular complexity index is 1080. The largest absolute Gasteiger partial charge is 0.393 e. The third-order valence-electron chi connectivity index (χ3n) is 7.55. The molecule has 0 amide bonds. The van der Waals surface area contributed by atoms with E-state index in [0.717, 1.165) is 66.7 Å². The molecule has 0 radical (unpaired) electrons. The Morgan fingerprint density at radius 2 is 1.81 bits per heavy atom. The van der Waals surface area contributed by atoms with Gasteiger partial charge < -0.3 is 14.7 Å². The molecular weight excluding hydrogens is 405 g/mol. The van der Waals surface area contributed by atoms with Gasteiger partial charge in [-0.1, -0.05) is 54.8 Å². The van der Waals surface area contributed by atoms with Crippen LogP contribution in [-0.4, -0.2) is 22.0 Å². The topological polar surface area (TPSA) is 66.5 Å². The average molecular weight is 436 g/mol. The molecule has 1 atom stereocenters. The van der Waals surface area contributed by atoms with Crippen molar-refractivity contribution in [3.8, 4) is 11.3 Å². The predicted octanol–water partition coefficient (Wildman–Crippen LogP) is 5.44. The van der Waals surface area contributed by atoms with Crippen molar-refractivity contribution in [2.24, 2.45) is 0 Å². The number of rotatable bonds is 6. The van der Waals surface area contributed by atoms with Crippen LogP contribution in [0.5, 0.6) is 0 Å². The van der Waals surface area contributed by atoms with Crippen LogP contribution in [0.4, 0.5) is 4.39 Å². The molecule has 3 aromatic rings. The summed E-state index contributed by atoms with van der Waals surface area (Å²) < 4.78 is 19.4. The first-order valence-corrected chi connectivity index (χ1v) is 11.8. The first-order chi connectivity index (χ1) is 15.6. The maximum atomic E-state index is 13.5. The fraction of sp³-hybridized carbons (Fsp3) is 0.444. The lowest BCUT2D eigenvalue weighted by Gasteiger charge is -2.38. The van der Waals surface area contributed by atoms with Gasteiger partial charge in [0.15, 0.2) is 0 Å². The zero-order chi connectivity index (χ0) is 22.1. The van der Waals surface area contributed by atoms with Gasteiger partial charge in [-0.15, -0.1) is 0 Å². The molecule has 2 aliphatic carbocycles. The molecule has 32 heavy (non-hydrogen) atoms. The van der Waals surface area contributed by atoms with Crippen molar-refractivity contribution in [2.75, 3.05) is 6.61 Å². The van der Waals surface area contributed by atoms with Crippen molar-refractivity contribution >= 4 is 0 Å². The minimum Gasteiger partial charge on any atom is -0.393 e. The highest BCUT2D eigenvalue weighted by Gasteiger charge is 2.35. The van der Waals surface area contributed by atoms with E-state index in [9.17, 15) is 14.6 Å². The zero-order valence-electron chi connectivity index (χ0n) is 18.3. The molecule has 0 saturated heterocycles. The van der Waals surface area contributed by atoms with Gasteiger partial charge in [0.1, 0.15) is 23.4 Å². The van der Waals surface area contributed by atoms with Crippen molar-refractivity contribution in [3.05, 3.63) is 76.3 Å². The SMILES string of the molecule is OCC(O)c1ccc2c(c1)CCc1c-2noc1CCC1(c2ccc(F)cc2)CCCCC1. The van der Waals surface area contributed by atoms with E-state index in [4.69, 9.17) is 4.52 Å². The summed E-state index contributed by atoms with van der Waals surface area (Å²) in [4.78, 5) is 0. The Labute approximate surface area is 188 Å². The molecule has 0 aliphatic heterocycles. The van der Waals surface area contributed by atoms with E-state index in [1.165, 1.54) is 30.4 Å². The number of aliphatic hydroxyl groups excluding tert-OH is 2. The van der Waals surface area contributed by atoms with Crippen LogP contribution in [0.25, 0.3) is 11.3 Å². The Kier molecular flexibility index (Phi) is 5.87. The van der Waals surface area contributed by atoms with Gasteiger partial charge >= 0.3 is 0 Å². The molecule has 1 fully saturated rings. The van der Waals surface area contributed by atoms with Gasteiger partial charge in [0.25, 0.3) is 0 Å². The second kappa shape index (κ2) is 8.80. The van der Waals surface area contributed by atoms with Crippen LogP contribution in [0.1, 0.15) is 72.6 Å². The number of aromatic nitrogens is 1. The molecule has 1 heterocycles. The minimum absolute atomic E-state index is 0.0769. The molecule has 4 nitrogen and oxygen atoms in total. The van der Waals surface area contributed by atoms with Crippen molar-refractivity contribution in [2.45, 2.75) is 69.3 Å². The first kappa shape index (κ1) is 21.4. The molecule has 5 heteroatoms. The molecule has 1 unspecified atom stereocenters. The fourth-order valence-corrected chi connectivity index (χ4v) is 5.70. The van der Waals surface area contributed by atoms with Crippen molar-refractivity contribution < 1.29 is 19.1 Å². The Morgan fingerprint density at radius 3 is 2.56 bits per heavy atom. The maximum absolute atomic E-state index is 13.5. The number of aryl methyl sites for hydroxylation is 2. The van der Waals surface area contributed by atoms with Crippen LogP contribution in [0.2, 0.25) is 0 Å². The molecule has 1 saturated carbocycles. The van der Waals surface area contributed by atoms with Crippen LogP contribution in [0, 0.1) is 5.82 Å². The van der Waals surface area contributed by atoms with Gasteiger partial charge in [0, 0.05) is 17.5 Å². The van der Waals surface area contributed by atoms with Gasteiger partial charge in [0.05, 0.1) is 6.61 Å². The molecule has 2 N–H and O–H groups in total. The zero-order valence-corrected chi connectivity index (χ0v) is 18.3. The third kappa shape index (κ3) is 3.89. The van der Waals surface area contributed by atoms with Crippen molar-refractivity contribution in [1.29, 1.82) is 0 Å². The molecule has 168 valence electrons. The quantitative estimate of drug-likeness (QED) is 0.541. The Morgan fingerprint density at radius 1 is 1.03 bits per heavy atom. The normalized spacial score (nSPS) is 18.1. The summed E-state index contributed by atoms with van der Waals surface area (Å²) in [7, 11) is 0. The summed E-state index contributed by atoms with van der Waals surface area (Å²) in [5.41, 5.74) is 6.35. The molecule has 0 spiro atoms. The van der Waals surface area contributed by atoms with Gasteiger partial charge in [-0.2, -0.15) is 0 Å². The second-order valence-electron chi connectivity index (χ2n) is 9.40. The highest BCUT2D eigenvalue weighted by Crippen LogP contribution is 2.44. The smallest absolute Gasteiger partial charge is 0.140 e. The molecule has 2 aromatic carbocycles. The van der Waals surface area contributed by atoms with E-state index in [0.29, 0.717) is 0 Å². The van der Waals surface area contributed by atoms with E-state index in [-0.39, 0.29) is 17.8 Å². The fourth-order valence-electron chi connectivity index (χ4n) is 5.70. The second-order valence-corrected chi connectivity index (χ2v) is 9.40. The number of halogens is 1. The van der Waals surface area contributed by atoms with Gasteiger partial charge in [-0.05, 0) is 66.3 Å². The predicted molar refractivity (Wildman–Crippen MR) is 121 cm³/mol. The van der Waals surface area contributed by atoms with E-state index < -0.39 is 6.10 Å². The van der Waals surface area contributed by atoms with Gasteiger partial charge in [-0.25, -0.2) is 4.39 Å². The highest BCUT2D eigenvalue weighted by molar-refractivity contribution is 5.70. The summed E-state index contributed by atoms with van der Waals surface area (Å²) in [5, 5.41) is 23.6. The van der Waals surface area contributed by atoms with Crippen molar-refractivity contribution in [3.63, 3.8) is 0 Å². The lowest BCUT2D eigenvalue weighted by Crippen LogP contribution is -2.30. The summed E-state index contributed by atoms with van der Waals surface area (Å²) in [6.45, 7) is -0.284. The monoisotopic (exact) mass is 435 g/mol. The van der Waals surface area contributed by atoms with Gasteiger partial charge in [-0.3, -0.25) is 0 Å². The standard InChI is InChI=1S/C27H30FNO3/c28-21-8-6-20(7-9-21)27(13-2-1-3-14-27)15-12-25-23-11-4-18-16-19(24(31)17-30)5-10-22(18)26(23)29-32-25/h5-10,16,24,30-31H,1-4,11-15,17H2. The lowest BCUT2D eigenvalue weighted by molar-refractivity contribution is 0.0956. The van der Waals surface area contributed by atoms with Crippen LogP contribution in [-0.2, 0) is 24.7 Å². The summed E-state index contributed by atoms with van der Waals surface area (Å²) >= 11 is 0. The molecule has 2 aliphatic rings. The molecule has 5 rings (SSSR count). The number of nitrogens with zero attached hydrogens (tertiary/aromatic N) is 1. The third-order valence-corrected chi connectivity index (χ3v) is 7.55. The van der Waals surface area contributed by atoms with Gasteiger partial charge in [0.2, 0.25) is 0 Å². The molecule has 0 bridgehead atoms. The lowest BCUT2D eigenvalue weighted by atomic mass is 9.66. The summed E-state index contributed by atoms with van der Waals surface area (Å²) in [6.07, 6.45) is 8.64. The first-order valence-electron chi connectivity index (χ1n) is 11.8. The van der Waals surface area contributed by atoms with Crippen LogP contribution in [0.3, 0.4) is 0 Å². The molecule has 1 aromatic heterocycles. The number of hydrogen-bond acceptors (Lipinski definition) is 4. The summed E-state index contributed by atoms with van der Waals surface area (Å²) in [5.74, 6) is 0.787. The van der Waals surface area contributed by atoms with E-state index >= 15 is 0 Å².